The first-order valence-corrected chi connectivity index (χ1v) is 7.07. The minimum Gasteiger partial charge on any atom is -0.373 e. The van der Waals surface area contributed by atoms with Crippen molar-refractivity contribution in [3.63, 3.8) is 0 Å². The number of nitrogens with zero attached hydrogens (tertiary/aromatic N) is 2. The molecule has 1 aromatic heterocycles. The van der Waals surface area contributed by atoms with Gasteiger partial charge in [-0.25, -0.2) is 14.4 Å². The highest BCUT2D eigenvalue weighted by Gasteiger charge is 2.17. The molecule has 0 fully saturated rings. The zero-order valence-corrected chi connectivity index (χ0v) is 11.6. The number of fused-ring (bicyclic) bond motifs is 1. The summed E-state index contributed by atoms with van der Waals surface area (Å²) in [6.45, 7) is 0. The van der Waals surface area contributed by atoms with Crippen LogP contribution in [0.15, 0.2) is 24.3 Å². The summed E-state index contributed by atoms with van der Waals surface area (Å²) in [5.74, 6) is 1.55. The van der Waals surface area contributed by atoms with Gasteiger partial charge in [0.1, 0.15) is 17.5 Å². The van der Waals surface area contributed by atoms with Gasteiger partial charge in [0.25, 0.3) is 0 Å². The smallest absolute Gasteiger partial charge is 0.135 e. The highest BCUT2D eigenvalue weighted by atomic mass is 19.1. The molecule has 0 radical (unpaired) electrons. The van der Waals surface area contributed by atoms with Gasteiger partial charge in [0.05, 0.1) is 0 Å². The number of hydrogen-bond acceptors (Lipinski definition) is 3. The van der Waals surface area contributed by atoms with Gasteiger partial charge in [0.15, 0.2) is 0 Å². The number of aryl methyl sites for hydroxylation is 1. The monoisotopic (exact) mass is 271 g/mol. The van der Waals surface area contributed by atoms with E-state index in [1.54, 1.807) is 12.1 Å². The molecule has 0 amide bonds. The Labute approximate surface area is 118 Å². The van der Waals surface area contributed by atoms with Gasteiger partial charge in [-0.15, -0.1) is 0 Å². The number of anilines is 1. The SMILES string of the molecule is CNc1nc(Cc2ccc(F)cc2)nc2c1CCCC2. The number of benzene rings is 1. The van der Waals surface area contributed by atoms with Crippen LogP contribution in [0.3, 0.4) is 0 Å². The summed E-state index contributed by atoms with van der Waals surface area (Å²) in [6, 6.07) is 6.54. The van der Waals surface area contributed by atoms with E-state index in [0.717, 1.165) is 30.0 Å². The van der Waals surface area contributed by atoms with E-state index in [9.17, 15) is 4.39 Å². The molecule has 1 aliphatic rings. The lowest BCUT2D eigenvalue weighted by atomic mass is 9.96. The lowest BCUT2D eigenvalue weighted by Gasteiger charge is -2.18. The average molecular weight is 271 g/mol. The highest BCUT2D eigenvalue weighted by molar-refractivity contribution is 5.47. The third-order valence-corrected chi connectivity index (χ3v) is 3.74. The first kappa shape index (κ1) is 13.0. The molecule has 1 aliphatic carbocycles. The van der Waals surface area contributed by atoms with Crippen LogP contribution in [0.5, 0.6) is 0 Å². The summed E-state index contributed by atoms with van der Waals surface area (Å²) in [5, 5.41) is 3.18. The second-order valence-corrected chi connectivity index (χ2v) is 5.17. The second kappa shape index (κ2) is 5.57. The van der Waals surface area contributed by atoms with Gasteiger partial charge in [-0.3, -0.25) is 0 Å². The van der Waals surface area contributed by atoms with Crippen LogP contribution in [0.2, 0.25) is 0 Å². The Morgan fingerprint density at radius 2 is 1.85 bits per heavy atom. The van der Waals surface area contributed by atoms with Gasteiger partial charge >= 0.3 is 0 Å². The number of rotatable bonds is 3. The molecule has 0 atom stereocenters. The molecule has 0 saturated carbocycles. The third-order valence-electron chi connectivity index (χ3n) is 3.74. The fourth-order valence-corrected chi connectivity index (χ4v) is 2.72. The Kier molecular flexibility index (Phi) is 3.63. The summed E-state index contributed by atoms with van der Waals surface area (Å²) < 4.78 is 12.9. The molecule has 1 heterocycles. The van der Waals surface area contributed by atoms with Crippen LogP contribution >= 0.6 is 0 Å². The Bertz CT molecular complexity index is 591. The molecule has 104 valence electrons. The van der Waals surface area contributed by atoms with Crippen molar-refractivity contribution in [1.82, 2.24) is 9.97 Å². The zero-order valence-electron chi connectivity index (χ0n) is 11.6. The van der Waals surface area contributed by atoms with Crippen LogP contribution in [0, 0.1) is 5.82 Å². The first-order valence-electron chi connectivity index (χ1n) is 7.07. The van der Waals surface area contributed by atoms with Crippen LogP contribution in [-0.2, 0) is 19.3 Å². The predicted octanol–water partition coefficient (Wildman–Crippen LogP) is 3.13. The largest absolute Gasteiger partial charge is 0.373 e. The van der Waals surface area contributed by atoms with E-state index in [-0.39, 0.29) is 5.82 Å². The summed E-state index contributed by atoms with van der Waals surface area (Å²) in [5.41, 5.74) is 3.47. The molecule has 0 unspecified atom stereocenters. The Morgan fingerprint density at radius 1 is 1.10 bits per heavy atom. The summed E-state index contributed by atoms with van der Waals surface area (Å²) in [4.78, 5) is 9.30. The Morgan fingerprint density at radius 3 is 2.60 bits per heavy atom. The molecule has 0 bridgehead atoms. The Balaban J connectivity index is 1.91. The maximum Gasteiger partial charge on any atom is 0.135 e. The molecule has 20 heavy (non-hydrogen) atoms. The number of nitrogens with one attached hydrogen (secondary N) is 1. The summed E-state index contributed by atoms with van der Waals surface area (Å²) >= 11 is 0. The number of hydrogen-bond donors (Lipinski definition) is 1. The molecule has 0 saturated heterocycles. The van der Waals surface area contributed by atoms with Crippen molar-refractivity contribution in [2.45, 2.75) is 32.1 Å². The molecule has 1 N–H and O–H groups in total. The van der Waals surface area contributed by atoms with Crippen molar-refractivity contribution in [1.29, 1.82) is 0 Å². The normalized spacial score (nSPS) is 13.9. The van der Waals surface area contributed by atoms with E-state index in [1.807, 2.05) is 7.05 Å². The summed E-state index contributed by atoms with van der Waals surface area (Å²) in [6.07, 6.45) is 5.14. The average Bonchev–Trinajstić information content (AvgIpc) is 2.49. The lowest BCUT2D eigenvalue weighted by Crippen LogP contribution is -2.13. The molecule has 0 spiro atoms. The molecule has 2 aromatic rings. The maximum absolute atomic E-state index is 12.9. The molecule has 3 nitrogen and oxygen atoms in total. The minimum absolute atomic E-state index is 0.212. The molecular weight excluding hydrogens is 253 g/mol. The van der Waals surface area contributed by atoms with Gasteiger partial charge in [0.2, 0.25) is 0 Å². The number of aromatic nitrogens is 2. The minimum atomic E-state index is -0.212. The fourth-order valence-electron chi connectivity index (χ4n) is 2.72. The van der Waals surface area contributed by atoms with Gasteiger partial charge in [-0.1, -0.05) is 12.1 Å². The van der Waals surface area contributed by atoms with Crippen molar-refractivity contribution >= 4 is 5.82 Å². The molecule has 1 aromatic carbocycles. The van der Waals surface area contributed by atoms with E-state index in [4.69, 9.17) is 4.98 Å². The third kappa shape index (κ3) is 2.64. The van der Waals surface area contributed by atoms with Gasteiger partial charge in [-0.05, 0) is 43.4 Å². The van der Waals surface area contributed by atoms with E-state index >= 15 is 0 Å². The second-order valence-electron chi connectivity index (χ2n) is 5.17. The van der Waals surface area contributed by atoms with E-state index in [0.29, 0.717) is 6.42 Å². The standard InChI is InChI=1S/C16H18FN3/c1-18-16-13-4-2-3-5-14(13)19-15(20-16)10-11-6-8-12(17)9-7-11/h6-9H,2-5,10H2,1H3,(H,18,19,20). The fraction of sp³-hybridized carbons (Fsp3) is 0.375. The van der Waals surface area contributed by atoms with Gasteiger partial charge in [0, 0.05) is 24.7 Å². The van der Waals surface area contributed by atoms with Crippen LogP contribution < -0.4 is 5.32 Å². The Hall–Kier alpha value is -1.97. The van der Waals surface area contributed by atoms with Crippen molar-refractivity contribution in [3.8, 4) is 0 Å². The van der Waals surface area contributed by atoms with Gasteiger partial charge < -0.3 is 5.32 Å². The quantitative estimate of drug-likeness (QED) is 0.932. The molecule has 4 heteroatoms. The highest BCUT2D eigenvalue weighted by Crippen LogP contribution is 2.25. The number of halogens is 1. The van der Waals surface area contributed by atoms with Crippen LogP contribution in [0.1, 0.15) is 35.5 Å². The molecular formula is C16H18FN3. The van der Waals surface area contributed by atoms with Crippen LogP contribution in [0.25, 0.3) is 0 Å². The lowest BCUT2D eigenvalue weighted by molar-refractivity contribution is 0.627. The van der Waals surface area contributed by atoms with Crippen molar-refractivity contribution < 1.29 is 4.39 Å². The van der Waals surface area contributed by atoms with Gasteiger partial charge in [-0.2, -0.15) is 0 Å². The molecule has 3 rings (SSSR count). The van der Waals surface area contributed by atoms with E-state index in [1.165, 1.54) is 36.2 Å². The zero-order chi connectivity index (χ0) is 13.9. The first-order chi connectivity index (χ1) is 9.76. The van der Waals surface area contributed by atoms with Crippen molar-refractivity contribution in [2.75, 3.05) is 12.4 Å². The van der Waals surface area contributed by atoms with E-state index < -0.39 is 0 Å². The maximum atomic E-state index is 12.9. The van der Waals surface area contributed by atoms with Crippen molar-refractivity contribution in [3.05, 3.63) is 52.7 Å². The van der Waals surface area contributed by atoms with Crippen LogP contribution in [0.4, 0.5) is 10.2 Å². The predicted molar refractivity (Wildman–Crippen MR) is 77.4 cm³/mol. The van der Waals surface area contributed by atoms with E-state index in [2.05, 4.69) is 10.3 Å². The van der Waals surface area contributed by atoms with Crippen molar-refractivity contribution in [2.24, 2.45) is 0 Å². The summed E-state index contributed by atoms with van der Waals surface area (Å²) in [7, 11) is 1.90. The topological polar surface area (TPSA) is 37.8 Å². The van der Waals surface area contributed by atoms with Crippen LogP contribution in [-0.4, -0.2) is 17.0 Å². The molecule has 0 aliphatic heterocycles.